The molecule has 0 aliphatic heterocycles. The van der Waals surface area contributed by atoms with Crippen molar-refractivity contribution in [3.8, 4) is 0 Å². The van der Waals surface area contributed by atoms with Crippen LogP contribution in [0.25, 0.3) is 0 Å². The van der Waals surface area contributed by atoms with Gasteiger partial charge in [0.2, 0.25) is 11.8 Å². The molecule has 1 aliphatic rings. The van der Waals surface area contributed by atoms with Gasteiger partial charge in [-0.15, -0.1) is 0 Å². The summed E-state index contributed by atoms with van der Waals surface area (Å²) in [6.45, 7) is 6.58. The van der Waals surface area contributed by atoms with E-state index in [1.807, 2.05) is 48.7 Å². The van der Waals surface area contributed by atoms with Crippen molar-refractivity contribution in [2.45, 2.75) is 71.5 Å². The standard InChI is InChI=1S/C21H33N3O4/c1-5-16(3)23(19(25)11-12-21(27)28-6-2)15-20(26)24(17-9-10-17)14-18-8-7-13-22(18)4/h7-8,13,16-17H,5-6,9-12,14-15H2,1-4H3. The summed E-state index contributed by atoms with van der Waals surface area (Å²) >= 11 is 0. The molecule has 1 unspecified atom stereocenters. The lowest BCUT2D eigenvalue weighted by molar-refractivity contribution is -0.147. The van der Waals surface area contributed by atoms with E-state index in [-0.39, 0.29) is 49.3 Å². The highest BCUT2D eigenvalue weighted by Gasteiger charge is 2.34. The second-order valence-corrected chi connectivity index (χ2v) is 7.45. The zero-order valence-electron chi connectivity index (χ0n) is 17.5. The van der Waals surface area contributed by atoms with Crippen LogP contribution >= 0.6 is 0 Å². The van der Waals surface area contributed by atoms with Gasteiger partial charge in [-0.2, -0.15) is 0 Å². The van der Waals surface area contributed by atoms with E-state index >= 15 is 0 Å². The van der Waals surface area contributed by atoms with Crippen molar-refractivity contribution in [1.29, 1.82) is 0 Å². The fourth-order valence-corrected chi connectivity index (χ4v) is 3.17. The van der Waals surface area contributed by atoms with Crippen LogP contribution in [0.15, 0.2) is 18.3 Å². The lowest BCUT2D eigenvalue weighted by Gasteiger charge is -2.31. The smallest absolute Gasteiger partial charge is 0.306 e. The second kappa shape index (κ2) is 10.3. The first-order valence-corrected chi connectivity index (χ1v) is 10.2. The Morgan fingerprint density at radius 3 is 2.46 bits per heavy atom. The van der Waals surface area contributed by atoms with Gasteiger partial charge < -0.3 is 19.1 Å². The number of amides is 2. The molecule has 1 saturated carbocycles. The van der Waals surface area contributed by atoms with Crippen molar-refractivity contribution in [1.82, 2.24) is 14.4 Å². The molecule has 7 nitrogen and oxygen atoms in total. The maximum Gasteiger partial charge on any atom is 0.306 e. The fourth-order valence-electron chi connectivity index (χ4n) is 3.17. The molecule has 7 heteroatoms. The Balaban J connectivity index is 2.02. The number of esters is 1. The molecule has 156 valence electrons. The largest absolute Gasteiger partial charge is 0.466 e. The molecule has 1 fully saturated rings. The lowest BCUT2D eigenvalue weighted by Crippen LogP contribution is -2.47. The normalized spacial score (nSPS) is 14.4. The number of hydrogen-bond acceptors (Lipinski definition) is 4. The highest BCUT2D eigenvalue weighted by molar-refractivity contribution is 5.87. The first kappa shape index (κ1) is 22.0. The average molecular weight is 392 g/mol. The molecule has 0 N–H and O–H groups in total. The van der Waals surface area contributed by atoms with Crippen LogP contribution in [0.2, 0.25) is 0 Å². The van der Waals surface area contributed by atoms with E-state index in [2.05, 4.69) is 0 Å². The molecule has 28 heavy (non-hydrogen) atoms. The number of hydrogen-bond donors (Lipinski definition) is 0. The monoisotopic (exact) mass is 391 g/mol. The minimum absolute atomic E-state index is 0.0338. The van der Waals surface area contributed by atoms with E-state index in [0.717, 1.165) is 25.0 Å². The van der Waals surface area contributed by atoms with Crippen molar-refractivity contribution in [2.24, 2.45) is 7.05 Å². The summed E-state index contributed by atoms with van der Waals surface area (Å²) in [7, 11) is 1.97. The SMILES string of the molecule is CCOC(=O)CCC(=O)N(CC(=O)N(Cc1cccn1C)C1CC1)C(C)CC. The predicted molar refractivity (Wildman–Crippen MR) is 106 cm³/mol. The average Bonchev–Trinajstić information content (AvgIpc) is 3.43. The maximum atomic E-state index is 13.1. The van der Waals surface area contributed by atoms with Crippen molar-refractivity contribution in [2.75, 3.05) is 13.2 Å². The number of rotatable bonds is 11. The Labute approximate surface area is 167 Å². The Morgan fingerprint density at radius 2 is 1.93 bits per heavy atom. The summed E-state index contributed by atoms with van der Waals surface area (Å²) in [5.74, 6) is -0.589. The van der Waals surface area contributed by atoms with E-state index in [9.17, 15) is 14.4 Å². The number of nitrogens with zero attached hydrogens (tertiary/aromatic N) is 3. The van der Waals surface area contributed by atoms with Crippen LogP contribution in [0, 0.1) is 0 Å². The van der Waals surface area contributed by atoms with Gasteiger partial charge in [-0.05, 0) is 45.2 Å². The number of carbonyl (C=O) groups excluding carboxylic acids is 3. The van der Waals surface area contributed by atoms with E-state index < -0.39 is 0 Å². The Morgan fingerprint density at radius 1 is 1.21 bits per heavy atom. The Kier molecular flexibility index (Phi) is 8.08. The number of aryl methyl sites for hydroxylation is 1. The van der Waals surface area contributed by atoms with Gasteiger partial charge in [0.05, 0.1) is 19.6 Å². The summed E-state index contributed by atoms with van der Waals surface area (Å²) in [4.78, 5) is 40.9. The number of carbonyl (C=O) groups is 3. The summed E-state index contributed by atoms with van der Waals surface area (Å²) < 4.78 is 6.91. The Bertz CT molecular complexity index is 681. The van der Waals surface area contributed by atoms with Crippen LogP contribution in [0.1, 0.15) is 58.6 Å². The van der Waals surface area contributed by atoms with Crippen LogP contribution in [-0.2, 0) is 32.7 Å². The molecule has 0 aromatic carbocycles. The number of ether oxygens (including phenoxy) is 1. The van der Waals surface area contributed by atoms with Crippen LogP contribution in [0.5, 0.6) is 0 Å². The first-order chi connectivity index (χ1) is 13.4. The van der Waals surface area contributed by atoms with Crippen LogP contribution in [-0.4, -0.2) is 57.4 Å². The van der Waals surface area contributed by atoms with Gasteiger partial charge in [-0.1, -0.05) is 6.92 Å². The summed E-state index contributed by atoms with van der Waals surface area (Å²) in [5.41, 5.74) is 1.07. The summed E-state index contributed by atoms with van der Waals surface area (Å²) in [6, 6.07) is 4.18. The molecule has 0 bridgehead atoms. The van der Waals surface area contributed by atoms with E-state index in [4.69, 9.17) is 4.74 Å². The van der Waals surface area contributed by atoms with E-state index in [1.54, 1.807) is 11.8 Å². The molecule has 1 atom stereocenters. The molecular weight excluding hydrogens is 358 g/mol. The minimum Gasteiger partial charge on any atom is -0.466 e. The molecular formula is C21H33N3O4. The molecule has 0 spiro atoms. The van der Waals surface area contributed by atoms with Crippen LogP contribution in [0.4, 0.5) is 0 Å². The van der Waals surface area contributed by atoms with Crippen molar-refractivity contribution in [3.63, 3.8) is 0 Å². The zero-order valence-corrected chi connectivity index (χ0v) is 17.5. The van der Waals surface area contributed by atoms with Crippen molar-refractivity contribution >= 4 is 17.8 Å². The highest BCUT2D eigenvalue weighted by atomic mass is 16.5. The van der Waals surface area contributed by atoms with Gasteiger partial charge in [-0.25, -0.2) is 0 Å². The molecule has 2 rings (SSSR count). The third kappa shape index (κ3) is 6.11. The molecule has 1 heterocycles. The van der Waals surface area contributed by atoms with Crippen molar-refractivity contribution < 1.29 is 19.1 Å². The van der Waals surface area contributed by atoms with E-state index in [0.29, 0.717) is 13.2 Å². The predicted octanol–water partition coefficient (Wildman–Crippen LogP) is 2.49. The van der Waals surface area contributed by atoms with Gasteiger partial charge in [-0.3, -0.25) is 14.4 Å². The van der Waals surface area contributed by atoms with E-state index in [1.165, 1.54) is 0 Å². The minimum atomic E-state index is -0.380. The lowest BCUT2D eigenvalue weighted by atomic mass is 10.1. The molecule has 0 radical (unpaired) electrons. The maximum absolute atomic E-state index is 13.1. The first-order valence-electron chi connectivity index (χ1n) is 10.2. The third-order valence-electron chi connectivity index (χ3n) is 5.29. The van der Waals surface area contributed by atoms with Crippen molar-refractivity contribution in [3.05, 3.63) is 24.0 Å². The number of aromatic nitrogens is 1. The topological polar surface area (TPSA) is 71.8 Å². The molecule has 2 amide bonds. The van der Waals surface area contributed by atoms with Gasteiger partial charge in [0, 0.05) is 37.4 Å². The quantitative estimate of drug-likeness (QED) is 0.543. The second-order valence-electron chi connectivity index (χ2n) is 7.45. The Hall–Kier alpha value is -2.31. The zero-order chi connectivity index (χ0) is 20.7. The van der Waals surface area contributed by atoms with Crippen LogP contribution in [0.3, 0.4) is 0 Å². The summed E-state index contributed by atoms with van der Waals surface area (Å²) in [6.07, 6.45) is 4.85. The third-order valence-corrected chi connectivity index (χ3v) is 5.29. The van der Waals surface area contributed by atoms with Crippen LogP contribution < -0.4 is 0 Å². The molecule has 1 aliphatic carbocycles. The molecule has 0 saturated heterocycles. The van der Waals surface area contributed by atoms with Gasteiger partial charge in [0.15, 0.2) is 0 Å². The fraction of sp³-hybridized carbons (Fsp3) is 0.667. The molecule has 1 aromatic heterocycles. The molecule has 1 aromatic rings. The summed E-state index contributed by atoms with van der Waals surface area (Å²) in [5, 5.41) is 0. The van der Waals surface area contributed by atoms with Gasteiger partial charge in [0.1, 0.15) is 6.54 Å². The van der Waals surface area contributed by atoms with Gasteiger partial charge in [0.25, 0.3) is 0 Å². The van der Waals surface area contributed by atoms with Gasteiger partial charge >= 0.3 is 5.97 Å². The highest BCUT2D eigenvalue weighted by Crippen LogP contribution is 2.29.